The standard InChI is InChI=1S/C25H24F3NO5S/c1-17(30)23-13-12-22(14-24(23)25(26,27)28)35(31,32)29(15-18-4-8-20(33-2)9-5-18)16-19-6-10-21(34-3)11-7-19/h4-14H,15-16H2,1-3H3. The maximum atomic E-state index is 13.6. The Morgan fingerprint density at radius 3 is 1.66 bits per heavy atom. The summed E-state index contributed by atoms with van der Waals surface area (Å²) in [7, 11) is -1.40. The fraction of sp³-hybridized carbons (Fsp3) is 0.240. The summed E-state index contributed by atoms with van der Waals surface area (Å²) in [5.41, 5.74) is -0.660. The summed E-state index contributed by atoms with van der Waals surface area (Å²) in [4.78, 5) is 11.2. The van der Waals surface area contributed by atoms with Crippen molar-refractivity contribution in [3.63, 3.8) is 0 Å². The van der Waals surface area contributed by atoms with E-state index >= 15 is 0 Å². The van der Waals surface area contributed by atoms with Gasteiger partial charge in [0.2, 0.25) is 10.0 Å². The molecule has 35 heavy (non-hydrogen) atoms. The lowest BCUT2D eigenvalue weighted by Crippen LogP contribution is -2.30. The lowest BCUT2D eigenvalue weighted by atomic mass is 10.0. The van der Waals surface area contributed by atoms with Gasteiger partial charge >= 0.3 is 6.18 Å². The van der Waals surface area contributed by atoms with E-state index in [1.165, 1.54) is 14.2 Å². The minimum Gasteiger partial charge on any atom is -0.497 e. The minimum atomic E-state index is -4.90. The highest BCUT2D eigenvalue weighted by molar-refractivity contribution is 7.89. The highest BCUT2D eigenvalue weighted by Gasteiger charge is 2.36. The molecule has 0 aromatic heterocycles. The summed E-state index contributed by atoms with van der Waals surface area (Å²) < 4.78 is 79.4. The lowest BCUT2D eigenvalue weighted by Gasteiger charge is -2.24. The average molecular weight is 508 g/mol. The monoisotopic (exact) mass is 507 g/mol. The molecule has 3 aromatic rings. The molecule has 0 saturated carbocycles. The molecule has 0 heterocycles. The first-order valence-corrected chi connectivity index (χ1v) is 11.9. The Morgan fingerprint density at radius 2 is 1.29 bits per heavy atom. The van der Waals surface area contributed by atoms with Gasteiger partial charge in [0.1, 0.15) is 11.5 Å². The van der Waals surface area contributed by atoms with Crippen LogP contribution in [-0.2, 0) is 29.3 Å². The smallest absolute Gasteiger partial charge is 0.417 e. The van der Waals surface area contributed by atoms with E-state index in [2.05, 4.69) is 0 Å². The maximum Gasteiger partial charge on any atom is 0.417 e. The van der Waals surface area contributed by atoms with Crippen LogP contribution in [-0.4, -0.2) is 32.7 Å². The van der Waals surface area contributed by atoms with Gasteiger partial charge in [0.25, 0.3) is 0 Å². The summed E-state index contributed by atoms with van der Waals surface area (Å²) >= 11 is 0. The van der Waals surface area contributed by atoms with E-state index in [0.29, 0.717) is 28.7 Å². The number of alkyl halides is 3. The fourth-order valence-corrected chi connectivity index (χ4v) is 4.91. The molecule has 3 aromatic carbocycles. The number of Topliss-reactive ketones (excluding diaryl/α,β-unsaturated/α-hetero) is 1. The van der Waals surface area contributed by atoms with Crippen molar-refractivity contribution in [1.82, 2.24) is 4.31 Å². The van der Waals surface area contributed by atoms with Crippen LogP contribution in [0.3, 0.4) is 0 Å². The molecule has 0 atom stereocenters. The zero-order chi connectivity index (χ0) is 25.8. The Balaban J connectivity index is 2.06. The molecule has 0 fully saturated rings. The molecule has 0 saturated heterocycles. The number of rotatable bonds is 9. The van der Waals surface area contributed by atoms with Crippen molar-refractivity contribution in [2.45, 2.75) is 31.1 Å². The van der Waals surface area contributed by atoms with Gasteiger partial charge in [-0.15, -0.1) is 0 Å². The number of hydrogen-bond acceptors (Lipinski definition) is 5. The normalized spacial score (nSPS) is 12.0. The van der Waals surface area contributed by atoms with E-state index in [9.17, 15) is 26.4 Å². The van der Waals surface area contributed by atoms with Crippen molar-refractivity contribution in [3.05, 3.63) is 89.0 Å². The Hall–Kier alpha value is -3.37. The molecular weight excluding hydrogens is 483 g/mol. The quantitative estimate of drug-likeness (QED) is 0.367. The SMILES string of the molecule is COc1ccc(CN(Cc2ccc(OC)cc2)S(=O)(=O)c2ccc(C(C)=O)c(C(F)(F)F)c2)cc1. The predicted octanol–water partition coefficient (Wildman–Crippen LogP) is 5.32. The summed E-state index contributed by atoms with van der Waals surface area (Å²) in [6, 6.07) is 15.8. The molecular formula is C25H24F3NO5S. The van der Waals surface area contributed by atoms with E-state index < -0.39 is 38.0 Å². The van der Waals surface area contributed by atoms with E-state index in [1.54, 1.807) is 48.5 Å². The molecule has 0 aliphatic rings. The van der Waals surface area contributed by atoms with Crippen LogP contribution in [0.2, 0.25) is 0 Å². The van der Waals surface area contributed by atoms with Crippen LogP contribution in [0, 0.1) is 0 Å². The van der Waals surface area contributed by atoms with Gasteiger partial charge in [0.05, 0.1) is 24.7 Å². The number of benzene rings is 3. The fourth-order valence-electron chi connectivity index (χ4n) is 3.47. The summed E-state index contributed by atoms with van der Waals surface area (Å²) in [6.45, 7) is 0.792. The van der Waals surface area contributed by atoms with E-state index in [4.69, 9.17) is 9.47 Å². The second-order valence-electron chi connectivity index (χ2n) is 7.73. The van der Waals surface area contributed by atoms with Gasteiger partial charge < -0.3 is 9.47 Å². The van der Waals surface area contributed by atoms with Gasteiger partial charge in [0.15, 0.2) is 5.78 Å². The van der Waals surface area contributed by atoms with Crippen molar-refractivity contribution in [1.29, 1.82) is 0 Å². The van der Waals surface area contributed by atoms with Crippen molar-refractivity contribution in [3.8, 4) is 11.5 Å². The largest absolute Gasteiger partial charge is 0.497 e. The van der Waals surface area contributed by atoms with Crippen LogP contribution in [0.15, 0.2) is 71.6 Å². The van der Waals surface area contributed by atoms with Crippen LogP contribution in [0.25, 0.3) is 0 Å². The highest BCUT2D eigenvalue weighted by atomic mass is 32.2. The van der Waals surface area contributed by atoms with Crippen molar-refractivity contribution < 1.29 is 35.9 Å². The second-order valence-corrected chi connectivity index (χ2v) is 9.67. The molecule has 0 spiro atoms. The van der Waals surface area contributed by atoms with E-state index in [-0.39, 0.29) is 13.1 Å². The first-order valence-electron chi connectivity index (χ1n) is 10.4. The van der Waals surface area contributed by atoms with Gasteiger partial charge in [0, 0.05) is 18.7 Å². The van der Waals surface area contributed by atoms with Crippen LogP contribution < -0.4 is 9.47 Å². The molecule has 10 heteroatoms. The maximum absolute atomic E-state index is 13.6. The summed E-state index contributed by atoms with van der Waals surface area (Å²) in [5.74, 6) is 0.343. The first-order chi connectivity index (χ1) is 16.5. The first kappa shape index (κ1) is 26.2. The zero-order valence-corrected chi connectivity index (χ0v) is 20.1. The number of halogens is 3. The predicted molar refractivity (Wildman–Crippen MR) is 124 cm³/mol. The van der Waals surface area contributed by atoms with Gasteiger partial charge in [-0.25, -0.2) is 8.42 Å². The van der Waals surface area contributed by atoms with Gasteiger partial charge in [-0.1, -0.05) is 24.3 Å². The molecule has 0 radical (unpaired) electrons. The molecule has 0 amide bonds. The van der Waals surface area contributed by atoms with Crippen molar-refractivity contribution >= 4 is 15.8 Å². The van der Waals surface area contributed by atoms with Crippen molar-refractivity contribution in [2.24, 2.45) is 0 Å². The third-order valence-corrected chi connectivity index (χ3v) is 7.14. The molecule has 0 aliphatic carbocycles. The molecule has 186 valence electrons. The third kappa shape index (κ3) is 6.20. The number of methoxy groups -OCH3 is 2. The number of nitrogens with zero attached hydrogens (tertiary/aromatic N) is 1. The number of hydrogen-bond donors (Lipinski definition) is 0. The summed E-state index contributed by atoms with van der Waals surface area (Å²) in [6.07, 6.45) is -4.90. The number of sulfonamides is 1. The highest BCUT2D eigenvalue weighted by Crippen LogP contribution is 2.35. The Labute approximate surface area is 202 Å². The van der Waals surface area contributed by atoms with Crippen LogP contribution in [0.1, 0.15) is 34.0 Å². The van der Waals surface area contributed by atoms with E-state index in [1.807, 2.05) is 0 Å². The van der Waals surface area contributed by atoms with Crippen LogP contribution >= 0.6 is 0 Å². The number of carbonyl (C=O) groups excluding carboxylic acids is 1. The van der Waals surface area contributed by atoms with Crippen LogP contribution in [0.4, 0.5) is 13.2 Å². The Morgan fingerprint density at radius 1 is 0.829 bits per heavy atom. The topological polar surface area (TPSA) is 72.9 Å². The average Bonchev–Trinajstić information content (AvgIpc) is 2.83. The Bertz CT molecular complexity index is 1240. The summed E-state index contributed by atoms with van der Waals surface area (Å²) in [5, 5.41) is 0. The minimum absolute atomic E-state index is 0.103. The van der Waals surface area contributed by atoms with Gasteiger partial charge in [-0.05, 0) is 60.5 Å². The van der Waals surface area contributed by atoms with Crippen molar-refractivity contribution in [2.75, 3.05) is 14.2 Å². The van der Waals surface area contributed by atoms with E-state index in [0.717, 1.165) is 23.4 Å². The van der Waals surface area contributed by atoms with Crippen LogP contribution in [0.5, 0.6) is 11.5 Å². The molecule has 6 nitrogen and oxygen atoms in total. The second kappa shape index (κ2) is 10.5. The molecule has 0 bridgehead atoms. The number of ether oxygens (including phenoxy) is 2. The zero-order valence-electron chi connectivity index (χ0n) is 19.3. The molecule has 0 N–H and O–H groups in total. The number of ketones is 1. The molecule has 0 unspecified atom stereocenters. The third-order valence-electron chi connectivity index (χ3n) is 5.35. The molecule has 0 aliphatic heterocycles. The Kier molecular flexibility index (Phi) is 7.86. The molecule has 3 rings (SSSR count). The van der Waals surface area contributed by atoms with Gasteiger partial charge in [-0.3, -0.25) is 4.79 Å². The van der Waals surface area contributed by atoms with Gasteiger partial charge in [-0.2, -0.15) is 17.5 Å². The number of carbonyl (C=O) groups is 1. The lowest BCUT2D eigenvalue weighted by molar-refractivity contribution is -0.138.